The lowest BCUT2D eigenvalue weighted by molar-refractivity contribution is -0.0269. The Bertz CT molecular complexity index is 412. The number of rotatable bonds is 2. The number of nitriles is 1. The molecule has 0 aliphatic carbocycles. The summed E-state index contributed by atoms with van der Waals surface area (Å²) in [6.45, 7) is 4.31. The topological polar surface area (TPSA) is 36.3 Å². The number of morpholine rings is 1. The van der Waals surface area contributed by atoms with Crippen molar-refractivity contribution in [1.29, 1.82) is 5.26 Å². The van der Waals surface area contributed by atoms with E-state index in [9.17, 15) is 5.26 Å². The van der Waals surface area contributed by atoms with Gasteiger partial charge in [-0.05, 0) is 24.6 Å². The Morgan fingerprint density at radius 1 is 1.47 bits per heavy atom. The average molecular weight is 251 g/mol. The fourth-order valence-electron chi connectivity index (χ4n) is 2.09. The molecule has 3 nitrogen and oxygen atoms in total. The first-order chi connectivity index (χ1) is 8.20. The minimum Gasteiger partial charge on any atom is -0.376 e. The van der Waals surface area contributed by atoms with Crippen molar-refractivity contribution in [2.24, 2.45) is 0 Å². The Kier molecular flexibility index (Phi) is 4.01. The van der Waals surface area contributed by atoms with Gasteiger partial charge in [-0.2, -0.15) is 5.26 Å². The lowest BCUT2D eigenvalue weighted by Crippen LogP contribution is -2.42. The fraction of sp³-hybridized carbons (Fsp3) is 0.462. The molecular formula is C13H15ClN2O. The Labute approximate surface area is 107 Å². The minimum atomic E-state index is -0.210. The van der Waals surface area contributed by atoms with Crippen LogP contribution in [0.25, 0.3) is 0 Å². The van der Waals surface area contributed by atoms with Crippen molar-refractivity contribution in [2.75, 3.05) is 19.7 Å². The molecule has 1 aliphatic heterocycles. The summed E-state index contributed by atoms with van der Waals surface area (Å²) in [6, 6.07) is 9.62. The fourth-order valence-corrected chi connectivity index (χ4v) is 2.22. The first-order valence-corrected chi connectivity index (χ1v) is 6.09. The van der Waals surface area contributed by atoms with Crippen molar-refractivity contribution >= 4 is 11.6 Å². The molecule has 1 aromatic carbocycles. The van der Waals surface area contributed by atoms with Crippen LogP contribution in [0.2, 0.25) is 5.02 Å². The molecule has 1 aromatic rings. The molecule has 0 saturated carbocycles. The molecule has 1 aliphatic rings. The second-order valence-electron chi connectivity index (χ2n) is 4.26. The Hall–Kier alpha value is -1.08. The normalized spacial score (nSPS) is 23.0. The summed E-state index contributed by atoms with van der Waals surface area (Å²) in [4.78, 5) is 2.15. The van der Waals surface area contributed by atoms with E-state index in [-0.39, 0.29) is 12.1 Å². The molecule has 1 saturated heterocycles. The van der Waals surface area contributed by atoms with Crippen LogP contribution in [-0.4, -0.2) is 30.7 Å². The number of hydrogen-bond acceptors (Lipinski definition) is 3. The smallest absolute Gasteiger partial charge is 0.124 e. The van der Waals surface area contributed by atoms with Gasteiger partial charge in [0, 0.05) is 18.1 Å². The van der Waals surface area contributed by atoms with E-state index < -0.39 is 0 Å². The molecule has 0 N–H and O–H groups in total. The average Bonchev–Trinajstić information content (AvgIpc) is 2.33. The predicted molar refractivity (Wildman–Crippen MR) is 66.8 cm³/mol. The third-order valence-electron chi connectivity index (χ3n) is 2.95. The highest BCUT2D eigenvalue weighted by Gasteiger charge is 2.25. The van der Waals surface area contributed by atoms with Crippen molar-refractivity contribution in [2.45, 2.75) is 19.1 Å². The van der Waals surface area contributed by atoms with Gasteiger partial charge in [0.15, 0.2) is 0 Å². The molecule has 90 valence electrons. The Morgan fingerprint density at radius 3 is 2.76 bits per heavy atom. The van der Waals surface area contributed by atoms with Crippen LogP contribution in [0.15, 0.2) is 24.3 Å². The summed E-state index contributed by atoms with van der Waals surface area (Å²) >= 11 is 5.85. The van der Waals surface area contributed by atoms with Crippen molar-refractivity contribution in [3.05, 3.63) is 34.9 Å². The van der Waals surface area contributed by atoms with E-state index >= 15 is 0 Å². The lowest BCUT2D eigenvalue weighted by atomic mass is 10.1. The van der Waals surface area contributed by atoms with Crippen LogP contribution in [0.4, 0.5) is 0 Å². The third kappa shape index (κ3) is 2.98. The van der Waals surface area contributed by atoms with Crippen LogP contribution in [-0.2, 0) is 4.74 Å². The number of hydrogen-bond donors (Lipinski definition) is 0. The van der Waals surface area contributed by atoms with E-state index in [2.05, 4.69) is 11.0 Å². The molecule has 1 fully saturated rings. The molecule has 1 heterocycles. The van der Waals surface area contributed by atoms with Gasteiger partial charge in [-0.3, -0.25) is 4.90 Å². The molecule has 4 heteroatoms. The van der Waals surface area contributed by atoms with Crippen LogP contribution in [0.3, 0.4) is 0 Å². The molecule has 0 aromatic heterocycles. The van der Waals surface area contributed by atoms with E-state index in [1.54, 1.807) is 0 Å². The van der Waals surface area contributed by atoms with Gasteiger partial charge in [-0.25, -0.2) is 0 Å². The predicted octanol–water partition coefficient (Wildman–Crippen LogP) is 2.63. The van der Waals surface area contributed by atoms with Gasteiger partial charge in [0.2, 0.25) is 0 Å². The van der Waals surface area contributed by atoms with Crippen LogP contribution in [0.1, 0.15) is 18.5 Å². The van der Waals surface area contributed by atoms with Crippen molar-refractivity contribution in [1.82, 2.24) is 4.90 Å². The van der Waals surface area contributed by atoms with Crippen LogP contribution in [0, 0.1) is 11.3 Å². The van der Waals surface area contributed by atoms with Crippen molar-refractivity contribution < 1.29 is 4.74 Å². The summed E-state index contributed by atoms with van der Waals surface area (Å²) in [7, 11) is 0. The van der Waals surface area contributed by atoms with Crippen molar-refractivity contribution in [3.63, 3.8) is 0 Å². The second-order valence-corrected chi connectivity index (χ2v) is 4.70. The third-order valence-corrected chi connectivity index (χ3v) is 3.20. The summed E-state index contributed by atoms with van der Waals surface area (Å²) in [6.07, 6.45) is 0.187. The Balaban J connectivity index is 2.16. The molecule has 2 unspecified atom stereocenters. The van der Waals surface area contributed by atoms with Crippen LogP contribution >= 0.6 is 11.6 Å². The summed E-state index contributed by atoms with van der Waals surface area (Å²) in [5, 5.41) is 10.0. The quantitative estimate of drug-likeness (QED) is 0.810. The first kappa shape index (κ1) is 12.4. The highest BCUT2D eigenvalue weighted by atomic mass is 35.5. The second kappa shape index (κ2) is 5.50. The molecule has 2 rings (SSSR count). The van der Waals surface area contributed by atoms with Gasteiger partial charge in [0.25, 0.3) is 0 Å². The van der Waals surface area contributed by atoms with Crippen molar-refractivity contribution in [3.8, 4) is 6.07 Å². The van der Waals surface area contributed by atoms with Gasteiger partial charge >= 0.3 is 0 Å². The van der Waals surface area contributed by atoms with Gasteiger partial charge in [-0.1, -0.05) is 23.7 Å². The maximum atomic E-state index is 9.32. The zero-order valence-corrected chi connectivity index (χ0v) is 10.5. The number of benzene rings is 1. The SMILES string of the molecule is CC1CN(C(C#N)c2ccc(Cl)cc2)CCO1. The number of halogens is 1. The largest absolute Gasteiger partial charge is 0.376 e. The Morgan fingerprint density at radius 2 is 2.18 bits per heavy atom. The zero-order valence-electron chi connectivity index (χ0n) is 9.77. The molecule has 0 spiro atoms. The highest BCUT2D eigenvalue weighted by Crippen LogP contribution is 2.23. The first-order valence-electron chi connectivity index (χ1n) is 5.71. The summed E-state index contributed by atoms with van der Waals surface area (Å²) in [5.74, 6) is 0. The molecule has 0 amide bonds. The van der Waals surface area contributed by atoms with E-state index in [1.807, 2.05) is 31.2 Å². The molecule has 17 heavy (non-hydrogen) atoms. The minimum absolute atomic E-state index is 0.187. The van der Waals surface area contributed by atoms with E-state index in [1.165, 1.54) is 0 Å². The zero-order chi connectivity index (χ0) is 12.3. The maximum Gasteiger partial charge on any atom is 0.124 e. The number of ether oxygens (including phenoxy) is 1. The summed E-state index contributed by atoms with van der Waals surface area (Å²) < 4.78 is 5.49. The van der Waals surface area contributed by atoms with Gasteiger partial charge < -0.3 is 4.74 Å². The van der Waals surface area contributed by atoms with Crippen LogP contribution < -0.4 is 0 Å². The number of nitrogens with zero attached hydrogens (tertiary/aromatic N) is 2. The van der Waals surface area contributed by atoms with E-state index in [0.717, 1.165) is 18.7 Å². The van der Waals surface area contributed by atoms with E-state index in [0.29, 0.717) is 11.6 Å². The van der Waals surface area contributed by atoms with Gasteiger partial charge in [0.1, 0.15) is 6.04 Å². The van der Waals surface area contributed by atoms with Gasteiger partial charge in [0.05, 0.1) is 18.8 Å². The van der Waals surface area contributed by atoms with Crippen LogP contribution in [0.5, 0.6) is 0 Å². The monoisotopic (exact) mass is 250 g/mol. The lowest BCUT2D eigenvalue weighted by Gasteiger charge is -2.34. The molecule has 0 bridgehead atoms. The standard InChI is InChI=1S/C13H15ClN2O/c1-10-9-16(6-7-17-10)13(8-15)11-2-4-12(14)5-3-11/h2-5,10,13H,6-7,9H2,1H3. The molecule has 2 atom stereocenters. The van der Waals surface area contributed by atoms with Gasteiger partial charge in [-0.15, -0.1) is 0 Å². The van der Waals surface area contributed by atoms with E-state index in [4.69, 9.17) is 16.3 Å². The molecular weight excluding hydrogens is 236 g/mol. The highest BCUT2D eigenvalue weighted by molar-refractivity contribution is 6.30. The summed E-state index contributed by atoms with van der Waals surface area (Å²) in [5.41, 5.74) is 0.992. The maximum absolute atomic E-state index is 9.32. The molecule has 0 radical (unpaired) electrons.